The van der Waals surface area contributed by atoms with Crippen LogP contribution in [0.3, 0.4) is 0 Å². The Balaban J connectivity index is 2.26. The lowest BCUT2D eigenvalue weighted by atomic mass is 10.0. The maximum absolute atomic E-state index is 11.0. The normalized spacial score (nSPS) is 25.7. The van der Waals surface area contributed by atoms with E-state index in [0.29, 0.717) is 17.4 Å². The summed E-state index contributed by atoms with van der Waals surface area (Å²) in [7, 11) is 0. The highest BCUT2D eigenvalue weighted by Gasteiger charge is 2.36. The van der Waals surface area contributed by atoms with Crippen molar-refractivity contribution >= 4 is 44.8 Å². The van der Waals surface area contributed by atoms with E-state index in [1.54, 1.807) is 0 Å². The van der Waals surface area contributed by atoms with Crippen molar-refractivity contribution < 1.29 is 14.6 Å². The number of thiophene rings is 1. The van der Waals surface area contributed by atoms with E-state index in [1.807, 2.05) is 6.07 Å². The smallest absolute Gasteiger partial charge is 0.309 e. The summed E-state index contributed by atoms with van der Waals surface area (Å²) in [5.74, 6) is -1.26. The average Bonchev–Trinajstić information content (AvgIpc) is 2.73. The third kappa shape index (κ3) is 2.20. The van der Waals surface area contributed by atoms with Crippen molar-refractivity contribution in [3.8, 4) is 0 Å². The van der Waals surface area contributed by atoms with Gasteiger partial charge in [0, 0.05) is 16.0 Å². The van der Waals surface area contributed by atoms with E-state index in [0.717, 1.165) is 9.35 Å². The Morgan fingerprint density at radius 2 is 2.47 bits per heavy atom. The molecule has 1 fully saturated rings. The number of ether oxygens (including phenoxy) is 1. The number of aliphatic carboxylic acids is 1. The van der Waals surface area contributed by atoms with Gasteiger partial charge in [-0.1, -0.05) is 11.6 Å². The van der Waals surface area contributed by atoms with Crippen molar-refractivity contribution in [1.82, 2.24) is 0 Å². The number of rotatable bonds is 2. The van der Waals surface area contributed by atoms with Crippen LogP contribution in [0.15, 0.2) is 10.5 Å². The molecule has 0 aromatic carbocycles. The molecule has 0 aliphatic carbocycles. The minimum atomic E-state index is -0.807. The van der Waals surface area contributed by atoms with Crippen LogP contribution < -0.4 is 0 Å². The Kier molecular flexibility index (Phi) is 3.35. The van der Waals surface area contributed by atoms with Gasteiger partial charge in [-0.3, -0.25) is 4.79 Å². The molecular formula is C9H8BrClO3S. The quantitative estimate of drug-likeness (QED) is 0.911. The molecule has 0 spiro atoms. The fourth-order valence-electron chi connectivity index (χ4n) is 1.63. The summed E-state index contributed by atoms with van der Waals surface area (Å²) in [6.07, 6.45) is 0.212. The molecule has 15 heavy (non-hydrogen) atoms. The molecule has 2 unspecified atom stereocenters. The molecule has 1 aliphatic rings. The van der Waals surface area contributed by atoms with Crippen LogP contribution in [0.1, 0.15) is 17.4 Å². The van der Waals surface area contributed by atoms with Gasteiger partial charge in [0.1, 0.15) is 10.4 Å². The molecule has 82 valence electrons. The maximum atomic E-state index is 11.0. The van der Waals surface area contributed by atoms with E-state index in [4.69, 9.17) is 21.4 Å². The number of hydrogen-bond acceptors (Lipinski definition) is 3. The second-order valence-electron chi connectivity index (χ2n) is 3.30. The van der Waals surface area contributed by atoms with Crippen LogP contribution in [-0.2, 0) is 9.53 Å². The van der Waals surface area contributed by atoms with Gasteiger partial charge in [0.2, 0.25) is 0 Å². The summed E-state index contributed by atoms with van der Waals surface area (Å²) < 4.78 is 6.86. The van der Waals surface area contributed by atoms with Crippen LogP contribution in [0.4, 0.5) is 0 Å². The van der Waals surface area contributed by atoms with Gasteiger partial charge in [0.25, 0.3) is 0 Å². The van der Waals surface area contributed by atoms with Gasteiger partial charge in [0.15, 0.2) is 0 Å². The molecule has 1 N–H and O–H groups in total. The molecule has 1 aromatic heterocycles. The lowest BCUT2D eigenvalue weighted by molar-refractivity contribution is -0.143. The lowest BCUT2D eigenvalue weighted by Gasteiger charge is -2.12. The molecule has 6 heteroatoms. The van der Waals surface area contributed by atoms with Gasteiger partial charge in [-0.2, -0.15) is 0 Å². The third-order valence-electron chi connectivity index (χ3n) is 2.35. The van der Waals surface area contributed by atoms with Crippen LogP contribution in [-0.4, -0.2) is 17.7 Å². The molecule has 0 bridgehead atoms. The maximum Gasteiger partial charge on any atom is 0.309 e. The molecule has 0 radical (unpaired) electrons. The van der Waals surface area contributed by atoms with Crippen LogP contribution in [0, 0.1) is 5.92 Å². The summed E-state index contributed by atoms with van der Waals surface area (Å²) in [5, 5.41) is 9.00. The van der Waals surface area contributed by atoms with Crippen molar-refractivity contribution in [2.75, 3.05) is 6.61 Å². The second kappa shape index (κ2) is 4.41. The largest absolute Gasteiger partial charge is 0.481 e. The summed E-state index contributed by atoms with van der Waals surface area (Å²) >= 11 is 10.6. The molecule has 2 heterocycles. The number of carbonyl (C=O) groups is 1. The molecular weight excluding hydrogens is 304 g/mol. The minimum Gasteiger partial charge on any atom is -0.481 e. The summed E-state index contributed by atoms with van der Waals surface area (Å²) in [6.45, 7) is 0.495. The molecule has 0 saturated carbocycles. The monoisotopic (exact) mass is 310 g/mol. The van der Waals surface area contributed by atoms with Crippen molar-refractivity contribution in [2.24, 2.45) is 5.92 Å². The highest BCUT2D eigenvalue weighted by Crippen LogP contribution is 2.42. The molecule has 3 nitrogen and oxygen atoms in total. The number of halogens is 2. The van der Waals surface area contributed by atoms with Gasteiger partial charge < -0.3 is 9.84 Å². The van der Waals surface area contributed by atoms with Crippen molar-refractivity contribution in [1.29, 1.82) is 0 Å². The second-order valence-corrected chi connectivity index (χ2v) is 5.84. The lowest BCUT2D eigenvalue weighted by Crippen LogP contribution is -2.16. The van der Waals surface area contributed by atoms with E-state index < -0.39 is 11.9 Å². The van der Waals surface area contributed by atoms with Gasteiger partial charge in [-0.25, -0.2) is 0 Å². The van der Waals surface area contributed by atoms with Crippen LogP contribution in [0.25, 0.3) is 0 Å². The van der Waals surface area contributed by atoms with Gasteiger partial charge >= 0.3 is 5.97 Å². The Bertz CT molecular complexity index is 373. The van der Waals surface area contributed by atoms with Crippen LogP contribution in [0.5, 0.6) is 0 Å². The first-order valence-corrected chi connectivity index (χ1v) is 6.37. The van der Waals surface area contributed by atoms with Crippen LogP contribution in [0.2, 0.25) is 4.34 Å². The van der Waals surface area contributed by atoms with Gasteiger partial charge in [-0.05, 0) is 28.4 Å². The molecule has 2 atom stereocenters. The number of carboxylic acid groups (broad SMARTS) is 1. The SMILES string of the molecule is O=C(O)C1CCOC1c1cc(Br)c(Cl)s1. The van der Waals surface area contributed by atoms with Crippen molar-refractivity contribution in [2.45, 2.75) is 12.5 Å². The predicted octanol–water partition coefficient (Wildman–Crippen LogP) is 3.33. The fraction of sp³-hybridized carbons (Fsp3) is 0.444. The number of carboxylic acids is 1. The standard InChI is InChI=1S/C9H8BrClO3S/c10-5-3-6(15-8(5)11)7-4(9(12)13)1-2-14-7/h3-4,7H,1-2H2,(H,12,13). The predicted molar refractivity (Wildman–Crippen MR) is 61.5 cm³/mol. The van der Waals surface area contributed by atoms with Crippen LogP contribution >= 0.6 is 38.9 Å². The Labute approximate surface area is 104 Å². The van der Waals surface area contributed by atoms with E-state index in [1.165, 1.54) is 11.3 Å². The third-order valence-corrected chi connectivity index (χ3v) is 4.89. The Morgan fingerprint density at radius 3 is 3.00 bits per heavy atom. The minimum absolute atomic E-state index is 0.351. The van der Waals surface area contributed by atoms with Crippen molar-refractivity contribution in [3.63, 3.8) is 0 Å². The molecule has 1 aliphatic heterocycles. The first-order chi connectivity index (χ1) is 7.09. The number of hydrogen-bond donors (Lipinski definition) is 1. The zero-order valence-corrected chi connectivity index (χ0v) is 10.7. The summed E-state index contributed by atoms with van der Waals surface area (Å²) in [4.78, 5) is 11.8. The fourth-order valence-corrected chi connectivity index (χ4v) is 3.48. The van der Waals surface area contributed by atoms with E-state index in [2.05, 4.69) is 15.9 Å². The van der Waals surface area contributed by atoms with E-state index >= 15 is 0 Å². The van der Waals surface area contributed by atoms with Gasteiger partial charge in [0.05, 0.1) is 5.92 Å². The van der Waals surface area contributed by atoms with Crippen molar-refractivity contribution in [3.05, 3.63) is 19.8 Å². The van der Waals surface area contributed by atoms with E-state index in [-0.39, 0.29) is 6.10 Å². The van der Waals surface area contributed by atoms with E-state index in [9.17, 15) is 4.79 Å². The zero-order valence-electron chi connectivity index (χ0n) is 7.57. The van der Waals surface area contributed by atoms with Gasteiger partial charge in [-0.15, -0.1) is 11.3 Å². The average molecular weight is 312 g/mol. The highest BCUT2D eigenvalue weighted by atomic mass is 79.9. The molecule has 1 aromatic rings. The molecule has 2 rings (SSSR count). The Morgan fingerprint density at radius 1 is 1.73 bits per heavy atom. The zero-order chi connectivity index (χ0) is 11.0. The first-order valence-electron chi connectivity index (χ1n) is 4.38. The highest BCUT2D eigenvalue weighted by molar-refractivity contribution is 9.10. The topological polar surface area (TPSA) is 46.5 Å². The molecule has 1 saturated heterocycles. The summed E-state index contributed by atoms with van der Waals surface area (Å²) in [5.41, 5.74) is 0. The first kappa shape index (κ1) is 11.4. The summed E-state index contributed by atoms with van der Waals surface area (Å²) in [6, 6.07) is 1.83. The Hall–Kier alpha value is -0.100. The molecule has 0 amide bonds.